The number of halogens is 1. The van der Waals surface area contributed by atoms with Gasteiger partial charge in [0.05, 0.1) is 6.04 Å². The van der Waals surface area contributed by atoms with Gasteiger partial charge in [0.1, 0.15) is 18.0 Å². The largest absolute Gasteiger partial charge is 0.348 e. The van der Waals surface area contributed by atoms with Crippen LogP contribution in [0, 0.1) is 12.7 Å². The van der Waals surface area contributed by atoms with Crippen molar-refractivity contribution in [1.29, 1.82) is 0 Å². The summed E-state index contributed by atoms with van der Waals surface area (Å²) in [5, 5.41) is 5.31. The van der Waals surface area contributed by atoms with E-state index in [0.717, 1.165) is 5.56 Å². The molecular weight excluding hydrogens is 337 g/mol. The maximum absolute atomic E-state index is 13.0. The lowest BCUT2D eigenvalue weighted by atomic mass is 10.1. The van der Waals surface area contributed by atoms with Crippen LogP contribution < -0.4 is 16.2 Å². The molecule has 0 aliphatic carbocycles. The number of nitrogens with zero attached hydrogens (tertiary/aromatic N) is 1. The molecule has 0 aliphatic heterocycles. The number of carbonyl (C=O) groups excluding carboxylic acids is 2. The number of rotatable bonds is 6. The van der Waals surface area contributed by atoms with E-state index in [-0.39, 0.29) is 42.3 Å². The second-order valence-electron chi connectivity index (χ2n) is 6.02. The zero-order valence-corrected chi connectivity index (χ0v) is 15.0. The maximum Gasteiger partial charge on any atom is 0.274 e. The Labute approximate surface area is 151 Å². The Hall–Kier alpha value is -2.96. The number of amides is 2. The molecule has 0 saturated heterocycles. The Morgan fingerprint density at radius 1 is 1.12 bits per heavy atom. The molecule has 1 aromatic carbocycles. The monoisotopic (exact) mass is 359 g/mol. The van der Waals surface area contributed by atoms with Gasteiger partial charge in [0.2, 0.25) is 11.8 Å². The van der Waals surface area contributed by atoms with Crippen molar-refractivity contribution in [2.75, 3.05) is 5.32 Å². The summed E-state index contributed by atoms with van der Waals surface area (Å²) in [7, 11) is 0. The van der Waals surface area contributed by atoms with Gasteiger partial charge in [0, 0.05) is 12.1 Å². The molecule has 1 unspecified atom stereocenters. The molecule has 6 nitrogen and oxygen atoms in total. The van der Waals surface area contributed by atoms with E-state index < -0.39 is 5.56 Å². The molecule has 2 aromatic rings. The summed E-state index contributed by atoms with van der Waals surface area (Å²) in [6, 6.07) is 8.71. The van der Waals surface area contributed by atoms with Crippen LogP contribution in [-0.2, 0) is 16.1 Å². The van der Waals surface area contributed by atoms with Crippen LogP contribution >= 0.6 is 0 Å². The van der Waals surface area contributed by atoms with Gasteiger partial charge in [-0.2, -0.15) is 0 Å². The molecule has 0 aliphatic rings. The zero-order chi connectivity index (χ0) is 19.3. The fourth-order valence-electron chi connectivity index (χ4n) is 2.47. The summed E-state index contributed by atoms with van der Waals surface area (Å²) < 4.78 is 14.3. The fraction of sp³-hybridized carbons (Fsp3) is 0.316. The number of hydrogen-bond acceptors (Lipinski definition) is 3. The van der Waals surface area contributed by atoms with Crippen LogP contribution in [0.1, 0.15) is 37.6 Å². The van der Waals surface area contributed by atoms with Crippen LogP contribution in [0.25, 0.3) is 0 Å². The Morgan fingerprint density at radius 2 is 1.77 bits per heavy atom. The van der Waals surface area contributed by atoms with E-state index in [9.17, 15) is 18.8 Å². The highest BCUT2D eigenvalue weighted by Crippen LogP contribution is 2.13. The quantitative estimate of drug-likeness (QED) is 0.832. The Kier molecular flexibility index (Phi) is 6.27. The van der Waals surface area contributed by atoms with Crippen LogP contribution in [0.2, 0.25) is 0 Å². The average molecular weight is 359 g/mol. The second kappa shape index (κ2) is 8.42. The Morgan fingerprint density at radius 3 is 2.38 bits per heavy atom. The molecule has 2 amide bonds. The lowest BCUT2D eigenvalue weighted by Gasteiger charge is -2.16. The van der Waals surface area contributed by atoms with E-state index in [1.165, 1.54) is 22.8 Å². The van der Waals surface area contributed by atoms with E-state index in [1.807, 2.05) is 0 Å². The van der Waals surface area contributed by atoms with E-state index in [2.05, 4.69) is 10.6 Å². The molecule has 0 radical (unpaired) electrons. The average Bonchev–Trinajstić information content (AvgIpc) is 2.61. The third kappa shape index (κ3) is 4.78. The highest BCUT2D eigenvalue weighted by Gasteiger charge is 2.14. The summed E-state index contributed by atoms with van der Waals surface area (Å²) in [6.45, 7) is 5.00. The minimum absolute atomic E-state index is 0.141. The van der Waals surface area contributed by atoms with Gasteiger partial charge < -0.3 is 15.2 Å². The van der Waals surface area contributed by atoms with Crippen molar-refractivity contribution in [1.82, 2.24) is 9.88 Å². The summed E-state index contributed by atoms with van der Waals surface area (Å²) in [5.41, 5.74) is 1.07. The molecule has 2 rings (SSSR count). The minimum Gasteiger partial charge on any atom is -0.348 e. The van der Waals surface area contributed by atoms with Crippen molar-refractivity contribution >= 4 is 17.5 Å². The van der Waals surface area contributed by atoms with Crippen molar-refractivity contribution < 1.29 is 14.0 Å². The third-order valence-corrected chi connectivity index (χ3v) is 4.04. The van der Waals surface area contributed by atoms with Crippen molar-refractivity contribution in [2.24, 2.45) is 0 Å². The predicted molar refractivity (Wildman–Crippen MR) is 97.3 cm³/mol. The zero-order valence-electron chi connectivity index (χ0n) is 15.0. The van der Waals surface area contributed by atoms with Gasteiger partial charge in [-0.1, -0.05) is 19.1 Å². The number of nitrogens with one attached hydrogen (secondary N) is 2. The lowest BCUT2D eigenvalue weighted by Crippen LogP contribution is -2.35. The standard InChI is InChI=1S/C19H22FN3O3/c1-4-17(24)22-16-10-5-12(2)23(19(16)26)11-18(25)21-13(3)14-6-8-15(20)9-7-14/h5-10,13H,4,11H2,1-3H3,(H,21,25)(H,22,24). The molecular formula is C19H22FN3O3. The Balaban J connectivity index is 2.13. The maximum atomic E-state index is 13.0. The molecule has 1 atom stereocenters. The fourth-order valence-corrected chi connectivity index (χ4v) is 2.47. The van der Waals surface area contributed by atoms with Gasteiger partial charge in [0.15, 0.2) is 0 Å². The van der Waals surface area contributed by atoms with Gasteiger partial charge in [-0.3, -0.25) is 14.4 Å². The van der Waals surface area contributed by atoms with Gasteiger partial charge in [-0.25, -0.2) is 4.39 Å². The van der Waals surface area contributed by atoms with Crippen LogP contribution in [0.5, 0.6) is 0 Å². The van der Waals surface area contributed by atoms with Crippen LogP contribution in [0.15, 0.2) is 41.2 Å². The number of aromatic nitrogens is 1. The summed E-state index contributed by atoms with van der Waals surface area (Å²) >= 11 is 0. The van der Waals surface area contributed by atoms with E-state index in [4.69, 9.17) is 0 Å². The van der Waals surface area contributed by atoms with Crippen LogP contribution in [0.4, 0.5) is 10.1 Å². The molecule has 138 valence electrons. The van der Waals surface area contributed by atoms with Crippen LogP contribution in [0.3, 0.4) is 0 Å². The van der Waals surface area contributed by atoms with Gasteiger partial charge in [0.25, 0.3) is 5.56 Å². The molecule has 1 aromatic heterocycles. The second-order valence-corrected chi connectivity index (χ2v) is 6.02. The van der Waals surface area contributed by atoms with E-state index >= 15 is 0 Å². The molecule has 0 bridgehead atoms. The van der Waals surface area contributed by atoms with Crippen molar-refractivity contribution in [3.8, 4) is 0 Å². The minimum atomic E-state index is -0.434. The van der Waals surface area contributed by atoms with E-state index in [1.54, 1.807) is 39.0 Å². The smallest absolute Gasteiger partial charge is 0.274 e. The summed E-state index contributed by atoms with van der Waals surface area (Å²) in [6.07, 6.45) is 0.253. The number of aryl methyl sites for hydroxylation is 1. The highest BCUT2D eigenvalue weighted by molar-refractivity contribution is 5.90. The van der Waals surface area contributed by atoms with Gasteiger partial charge >= 0.3 is 0 Å². The molecule has 0 saturated carbocycles. The number of hydrogen-bond donors (Lipinski definition) is 2. The first-order valence-corrected chi connectivity index (χ1v) is 8.37. The third-order valence-electron chi connectivity index (χ3n) is 4.04. The topological polar surface area (TPSA) is 80.2 Å². The predicted octanol–water partition coefficient (Wildman–Crippen LogP) is 2.52. The number of pyridine rings is 1. The molecule has 1 heterocycles. The first-order chi connectivity index (χ1) is 12.3. The number of anilines is 1. The van der Waals surface area contributed by atoms with Gasteiger partial charge in [-0.05, 0) is 43.7 Å². The van der Waals surface area contributed by atoms with E-state index in [0.29, 0.717) is 5.69 Å². The van der Waals surface area contributed by atoms with Gasteiger partial charge in [-0.15, -0.1) is 0 Å². The Bertz CT molecular complexity index is 859. The number of carbonyl (C=O) groups is 2. The van der Waals surface area contributed by atoms with Crippen molar-refractivity contribution in [2.45, 2.75) is 39.8 Å². The van der Waals surface area contributed by atoms with Crippen LogP contribution in [-0.4, -0.2) is 16.4 Å². The molecule has 0 fully saturated rings. The summed E-state index contributed by atoms with van der Waals surface area (Å²) in [5.74, 6) is -0.974. The van der Waals surface area contributed by atoms with Crippen molar-refractivity contribution in [3.05, 3.63) is 63.8 Å². The van der Waals surface area contributed by atoms with Crippen molar-refractivity contribution in [3.63, 3.8) is 0 Å². The SMILES string of the molecule is CCC(=O)Nc1ccc(C)n(CC(=O)NC(C)c2ccc(F)cc2)c1=O. The highest BCUT2D eigenvalue weighted by atomic mass is 19.1. The normalized spacial score (nSPS) is 11.7. The number of benzene rings is 1. The molecule has 2 N–H and O–H groups in total. The molecule has 0 spiro atoms. The lowest BCUT2D eigenvalue weighted by molar-refractivity contribution is -0.122. The first kappa shape index (κ1) is 19.4. The summed E-state index contributed by atoms with van der Waals surface area (Å²) in [4.78, 5) is 36.3. The molecule has 26 heavy (non-hydrogen) atoms. The molecule has 7 heteroatoms. The first-order valence-electron chi connectivity index (χ1n) is 8.37.